The molecule has 28 heavy (non-hydrogen) atoms. The monoisotopic (exact) mass is 512 g/mol. The van der Waals surface area contributed by atoms with Crippen LogP contribution in [0.5, 0.6) is 0 Å². The normalized spacial score (nSPS) is 35.5. The van der Waals surface area contributed by atoms with E-state index in [1.54, 1.807) is 0 Å². The summed E-state index contributed by atoms with van der Waals surface area (Å²) in [5.74, 6) is 0. The van der Waals surface area contributed by atoms with E-state index >= 15 is 0 Å². The molecular formula is C15H14Cl6N2O5. The molecule has 5 aliphatic rings. The molecule has 0 aromatic rings. The average Bonchev–Trinajstić information content (AvgIpc) is 3.14. The fourth-order valence-corrected chi connectivity index (χ4v) is 4.85. The second-order valence-electron chi connectivity index (χ2n) is 7.04. The van der Waals surface area contributed by atoms with Crippen molar-refractivity contribution in [2.75, 3.05) is 13.2 Å². The maximum atomic E-state index is 12.8. The Morgan fingerprint density at radius 1 is 0.893 bits per heavy atom. The number of hydrogen-bond donors (Lipinski definition) is 0. The van der Waals surface area contributed by atoms with Crippen LogP contribution in [0.4, 0.5) is 9.59 Å². The van der Waals surface area contributed by atoms with Crippen LogP contribution in [0.1, 0.15) is 19.3 Å². The average molecular weight is 515 g/mol. The number of hydrogen-bond acceptors (Lipinski definition) is 5. The minimum atomic E-state index is -1.80. The van der Waals surface area contributed by atoms with Crippen LogP contribution in [0.3, 0.4) is 0 Å². The molecule has 1 saturated carbocycles. The lowest BCUT2D eigenvalue weighted by molar-refractivity contribution is -0.0881. The summed E-state index contributed by atoms with van der Waals surface area (Å²) in [7, 11) is 0. The summed E-state index contributed by atoms with van der Waals surface area (Å²) in [5.41, 5.74) is -1.12. The van der Waals surface area contributed by atoms with Crippen LogP contribution < -0.4 is 0 Å². The molecule has 0 N–H and O–H groups in total. The van der Waals surface area contributed by atoms with Crippen molar-refractivity contribution in [3.05, 3.63) is 12.2 Å². The highest BCUT2D eigenvalue weighted by Crippen LogP contribution is 2.69. The summed E-state index contributed by atoms with van der Waals surface area (Å²) in [5, 5.41) is 2.27. The number of alkyl halides is 6. The molecule has 2 saturated heterocycles. The first-order valence-electron chi connectivity index (χ1n) is 8.34. The van der Waals surface area contributed by atoms with E-state index in [0.29, 0.717) is 0 Å². The first kappa shape index (κ1) is 21.2. The van der Waals surface area contributed by atoms with Gasteiger partial charge in [-0.05, 0) is 19.3 Å². The number of fused-ring (bicyclic) bond motifs is 1. The maximum absolute atomic E-state index is 12.8. The Morgan fingerprint density at radius 2 is 1.29 bits per heavy atom. The third-order valence-electron chi connectivity index (χ3n) is 5.42. The van der Waals surface area contributed by atoms with Crippen molar-refractivity contribution < 1.29 is 23.8 Å². The largest absolute Gasteiger partial charge is 0.444 e. The van der Waals surface area contributed by atoms with Gasteiger partial charge in [0.1, 0.15) is 36.5 Å². The number of carbonyl (C=O) groups is 2. The molecule has 4 atom stereocenters. The summed E-state index contributed by atoms with van der Waals surface area (Å²) in [4.78, 5) is 25.6. The number of carbonyl (C=O) groups excluding carboxylic acids is 2. The number of halogens is 6. The molecule has 0 aromatic heterocycles. The lowest BCUT2D eigenvalue weighted by atomic mass is 9.76. The molecular weight excluding hydrogens is 501 g/mol. The van der Waals surface area contributed by atoms with Gasteiger partial charge in [-0.25, -0.2) is 19.6 Å². The highest BCUT2D eigenvalue weighted by atomic mass is 35.6. The van der Waals surface area contributed by atoms with Crippen molar-refractivity contribution in [1.29, 1.82) is 0 Å². The van der Waals surface area contributed by atoms with Crippen molar-refractivity contribution in [3.8, 4) is 0 Å². The molecule has 0 radical (unpaired) electrons. The third kappa shape index (κ3) is 3.31. The van der Waals surface area contributed by atoms with Crippen LogP contribution in [-0.4, -0.2) is 66.3 Å². The highest BCUT2D eigenvalue weighted by Gasteiger charge is 2.85. The van der Waals surface area contributed by atoms with E-state index in [9.17, 15) is 9.59 Å². The van der Waals surface area contributed by atoms with Crippen LogP contribution in [0.2, 0.25) is 0 Å². The van der Waals surface area contributed by atoms with Crippen molar-refractivity contribution in [2.24, 2.45) is 0 Å². The third-order valence-corrected chi connectivity index (χ3v) is 6.07. The van der Waals surface area contributed by atoms with Crippen LogP contribution >= 0.6 is 69.6 Å². The SMILES string of the molecule is O=C(OCC(Cl)(Cl)Cl)N1[C@H]2C=C[C@@H](N1C(=O)OCC(Cl)(Cl)Cl)[C@@]13CCC[C@@]21O3. The van der Waals surface area contributed by atoms with Gasteiger partial charge in [0, 0.05) is 0 Å². The zero-order valence-corrected chi connectivity index (χ0v) is 18.6. The fourth-order valence-electron chi connectivity index (χ4n) is 4.53. The van der Waals surface area contributed by atoms with Crippen molar-refractivity contribution >= 4 is 81.8 Å². The van der Waals surface area contributed by atoms with Crippen LogP contribution in [0, 0.1) is 0 Å². The number of epoxide rings is 1. The quantitative estimate of drug-likeness (QED) is 0.307. The van der Waals surface area contributed by atoms with Gasteiger partial charge in [0.25, 0.3) is 0 Å². The van der Waals surface area contributed by atoms with Gasteiger partial charge < -0.3 is 14.2 Å². The van der Waals surface area contributed by atoms with Gasteiger partial charge in [-0.1, -0.05) is 81.8 Å². The summed E-state index contributed by atoms with van der Waals surface area (Å²) < 4.78 is 12.7. The van der Waals surface area contributed by atoms with Crippen LogP contribution in [0.25, 0.3) is 0 Å². The molecule has 2 aliphatic carbocycles. The molecule has 2 bridgehead atoms. The van der Waals surface area contributed by atoms with E-state index < -0.39 is 56.3 Å². The molecule has 0 unspecified atom stereocenters. The van der Waals surface area contributed by atoms with Gasteiger partial charge in [-0.2, -0.15) is 0 Å². The van der Waals surface area contributed by atoms with Crippen molar-refractivity contribution in [3.63, 3.8) is 0 Å². The Bertz CT molecular complexity index is 681. The minimum absolute atomic E-state index is 0.496. The van der Waals surface area contributed by atoms with Gasteiger partial charge in [0.2, 0.25) is 7.59 Å². The smallest absolute Gasteiger partial charge is 0.429 e. The van der Waals surface area contributed by atoms with Gasteiger partial charge in [0.15, 0.2) is 0 Å². The first-order chi connectivity index (χ1) is 12.9. The molecule has 3 heterocycles. The summed E-state index contributed by atoms with van der Waals surface area (Å²) in [6.07, 6.45) is 4.30. The Morgan fingerprint density at radius 3 is 1.64 bits per heavy atom. The minimum Gasteiger partial charge on any atom is -0.444 e. The summed E-state index contributed by atoms with van der Waals surface area (Å²) in [6, 6.07) is -1.13. The molecule has 7 nitrogen and oxygen atoms in total. The number of ether oxygens (including phenoxy) is 3. The highest BCUT2D eigenvalue weighted by molar-refractivity contribution is 6.68. The predicted octanol–water partition coefficient (Wildman–Crippen LogP) is 4.53. The zero-order chi connectivity index (χ0) is 20.5. The molecule has 156 valence electrons. The Balaban J connectivity index is 1.61. The van der Waals surface area contributed by atoms with Crippen molar-refractivity contribution in [1.82, 2.24) is 10.0 Å². The van der Waals surface area contributed by atoms with E-state index in [1.165, 1.54) is 0 Å². The summed E-state index contributed by atoms with van der Waals surface area (Å²) >= 11 is 34.0. The standard InChI is InChI=1S/C15H14Cl6N2O5/c16-14(17,18)6-26-10(24)22-8-2-3-9(13-5-1-4-12(8,13)28-13)23(22)11(25)27-7-15(19,20)21/h2-3,8-9H,1,4-7H2/t8-,9+,12+,13-. The first-order valence-corrected chi connectivity index (χ1v) is 10.6. The van der Waals surface area contributed by atoms with Gasteiger partial charge in [-0.15, -0.1) is 0 Å². The molecule has 13 heteroatoms. The lowest BCUT2D eigenvalue weighted by Gasteiger charge is -2.50. The lowest BCUT2D eigenvalue weighted by Crippen LogP contribution is -2.71. The number of hydrazine groups is 1. The number of amides is 2. The van der Waals surface area contributed by atoms with Gasteiger partial charge in [0.05, 0.1) is 0 Å². The molecule has 0 aromatic carbocycles. The second kappa shape index (κ2) is 6.74. The molecule has 2 amide bonds. The van der Waals surface area contributed by atoms with E-state index in [1.807, 2.05) is 12.2 Å². The second-order valence-corrected chi connectivity index (χ2v) is 12.1. The Labute approximate surface area is 190 Å². The molecule has 5 rings (SSSR count). The Kier molecular flexibility index (Phi) is 5.11. The van der Waals surface area contributed by atoms with Crippen LogP contribution in [0.15, 0.2) is 12.2 Å². The van der Waals surface area contributed by atoms with E-state index in [-0.39, 0.29) is 0 Å². The van der Waals surface area contributed by atoms with Gasteiger partial charge >= 0.3 is 12.2 Å². The molecule has 3 fully saturated rings. The zero-order valence-electron chi connectivity index (χ0n) is 14.0. The van der Waals surface area contributed by atoms with Crippen molar-refractivity contribution in [2.45, 2.75) is 50.1 Å². The summed E-state index contributed by atoms with van der Waals surface area (Å²) in [6.45, 7) is -0.992. The van der Waals surface area contributed by atoms with E-state index in [4.69, 9.17) is 83.8 Å². The maximum Gasteiger partial charge on any atom is 0.429 e. The van der Waals surface area contributed by atoms with E-state index in [0.717, 1.165) is 29.3 Å². The molecule has 3 aliphatic heterocycles. The van der Waals surface area contributed by atoms with Crippen LogP contribution in [-0.2, 0) is 14.2 Å². The fraction of sp³-hybridized carbons (Fsp3) is 0.733. The topological polar surface area (TPSA) is 71.6 Å². The number of rotatable bonds is 2. The number of nitrogens with zero attached hydrogens (tertiary/aromatic N) is 2. The van der Waals surface area contributed by atoms with Gasteiger partial charge in [-0.3, -0.25) is 0 Å². The van der Waals surface area contributed by atoms with E-state index in [2.05, 4.69) is 0 Å². The predicted molar refractivity (Wildman–Crippen MR) is 104 cm³/mol. The Hall–Kier alpha value is -0.0200. The molecule has 0 spiro atoms.